The van der Waals surface area contributed by atoms with E-state index in [0.29, 0.717) is 10.2 Å². The summed E-state index contributed by atoms with van der Waals surface area (Å²) in [5.41, 5.74) is 9.03. The number of anilines is 1. The Morgan fingerprint density at radius 2 is 1.80 bits per heavy atom. The van der Waals surface area contributed by atoms with Crippen molar-refractivity contribution >= 4 is 31.5 Å². The fourth-order valence-corrected chi connectivity index (χ4v) is 4.65. The van der Waals surface area contributed by atoms with Crippen molar-refractivity contribution in [2.24, 2.45) is 0 Å². The first-order chi connectivity index (χ1) is 9.29. The smallest absolute Gasteiger partial charge is 0.183 e. The molecule has 0 spiro atoms. The molecular formula is C15H16BrNO2S. The number of halogens is 1. The molecule has 0 heterocycles. The van der Waals surface area contributed by atoms with Crippen LogP contribution in [0.25, 0.3) is 0 Å². The van der Waals surface area contributed by atoms with Crippen LogP contribution in [0.15, 0.2) is 45.8 Å². The van der Waals surface area contributed by atoms with Gasteiger partial charge in [-0.1, -0.05) is 23.8 Å². The second-order valence-electron chi connectivity index (χ2n) is 4.88. The molecule has 2 rings (SSSR count). The zero-order valence-electron chi connectivity index (χ0n) is 11.4. The predicted octanol–water partition coefficient (Wildman–Crippen LogP) is 3.62. The normalized spacial score (nSPS) is 11.6. The van der Waals surface area contributed by atoms with Crippen LogP contribution in [0.1, 0.15) is 16.7 Å². The third-order valence-electron chi connectivity index (χ3n) is 3.14. The monoisotopic (exact) mass is 353 g/mol. The van der Waals surface area contributed by atoms with Gasteiger partial charge in [-0.2, -0.15) is 0 Å². The molecule has 0 aliphatic rings. The van der Waals surface area contributed by atoms with Crippen LogP contribution in [0.3, 0.4) is 0 Å². The Morgan fingerprint density at radius 3 is 2.45 bits per heavy atom. The van der Waals surface area contributed by atoms with Crippen molar-refractivity contribution in [3.8, 4) is 0 Å². The largest absolute Gasteiger partial charge is 0.399 e. The lowest BCUT2D eigenvalue weighted by atomic mass is 10.1. The molecule has 0 bridgehead atoms. The molecule has 0 aromatic heterocycles. The van der Waals surface area contributed by atoms with Crippen LogP contribution < -0.4 is 5.73 Å². The second kappa shape index (κ2) is 5.58. The maximum atomic E-state index is 12.5. The molecule has 20 heavy (non-hydrogen) atoms. The molecule has 2 aromatic rings. The van der Waals surface area contributed by atoms with Gasteiger partial charge in [0.15, 0.2) is 9.84 Å². The number of rotatable bonds is 3. The van der Waals surface area contributed by atoms with E-state index in [1.54, 1.807) is 18.2 Å². The average molecular weight is 354 g/mol. The van der Waals surface area contributed by atoms with Crippen LogP contribution >= 0.6 is 15.9 Å². The third kappa shape index (κ3) is 3.22. The van der Waals surface area contributed by atoms with Gasteiger partial charge in [0.2, 0.25) is 0 Å². The van der Waals surface area contributed by atoms with E-state index in [1.165, 1.54) is 0 Å². The van der Waals surface area contributed by atoms with E-state index in [4.69, 9.17) is 5.73 Å². The molecule has 0 aliphatic carbocycles. The summed E-state index contributed by atoms with van der Waals surface area (Å²) in [6.45, 7) is 3.87. The number of hydrogen-bond acceptors (Lipinski definition) is 3. The highest BCUT2D eigenvalue weighted by Gasteiger charge is 2.19. The second-order valence-corrected chi connectivity index (χ2v) is 7.69. The maximum Gasteiger partial charge on any atom is 0.183 e. The van der Waals surface area contributed by atoms with Crippen molar-refractivity contribution in [1.82, 2.24) is 0 Å². The molecule has 0 atom stereocenters. The molecule has 0 saturated heterocycles. The van der Waals surface area contributed by atoms with E-state index < -0.39 is 9.84 Å². The summed E-state index contributed by atoms with van der Waals surface area (Å²) in [5, 5.41) is 0. The Morgan fingerprint density at radius 1 is 1.10 bits per heavy atom. The predicted molar refractivity (Wildman–Crippen MR) is 85.4 cm³/mol. The minimum atomic E-state index is -3.40. The van der Waals surface area contributed by atoms with Crippen molar-refractivity contribution in [2.45, 2.75) is 24.5 Å². The Hall–Kier alpha value is -1.33. The summed E-state index contributed by atoms with van der Waals surface area (Å²) >= 11 is 3.27. The lowest BCUT2D eigenvalue weighted by Gasteiger charge is -2.10. The highest BCUT2D eigenvalue weighted by atomic mass is 79.9. The van der Waals surface area contributed by atoms with Gasteiger partial charge in [-0.05, 0) is 59.1 Å². The Bertz CT molecular complexity index is 754. The molecule has 3 nitrogen and oxygen atoms in total. The maximum absolute atomic E-state index is 12.5. The molecule has 0 radical (unpaired) electrons. The molecular weight excluding hydrogens is 338 g/mol. The number of benzene rings is 2. The minimum Gasteiger partial charge on any atom is -0.399 e. The van der Waals surface area contributed by atoms with E-state index >= 15 is 0 Å². The summed E-state index contributed by atoms with van der Waals surface area (Å²) in [5.74, 6) is -0.0109. The van der Waals surface area contributed by atoms with Gasteiger partial charge in [0.25, 0.3) is 0 Å². The lowest BCUT2D eigenvalue weighted by molar-refractivity contribution is 0.594. The highest BCUT2D eigenvalue weighted by molar-refractivity contribution is 9.10. The van der Waals surface area contributed by atoms with Crippen LogP contribution in [0.2, 0.25) is 0 Å². The van der Waals surface area contributed by atoms with E-state index in [1.807, 2.05) is 32.0 Å². The van der Waals surface area contributed by atoms with Gasteiger partial charge in [0, 0.05) is 10.2 Å². The first kappa shape index (κ1) is 15.1. The van der Waals surface area contributed by atoms with Crippen LogP contribution in [0.4, 0.5) is 5.69 Å². The van der Waals surface area contributed by atoms with Gasteiger partial charge in [0.1, 0.15) is 0 Å². The number of nitrogen functional groups attached to an aromatic ring is 1. The standard InChI is InChI=1S/C15H16BrNO2S/c1-10-3-4-11(2)12(7-10)9-20(18,19)15-6-5-13(17)8-14(15)16/h3-8H,9,17H2,1-2H3. The minimum absolute atomic E-state index is 0.0109. The molecule has 0 unspecified atom stereocenters. The first-order valence-electron chi connectivity index (χ1n) is 6.13. The fraction of sp³-hybridized carbons (Fsp3) is 0.200. The summed E-state index contributed by atoms with van der Waals surface area (Å²) in [7, 11) is -3.40. The summed E-state index contributed by atoms with van der Waals surface area (Å²) in [6, 6.07) is 10.6. The van der Waals surface area contributed by atoms with Gasteiger partial charge >= 0.3 is 0 Å². The zero-order chi connectivity index (χ0) is 14.9. The molecule has 2 N–H and O–H groups in total. The summed E-state index contributed by atoms with van der Waals surface area (Å²) in [4.78, 5) is 0.271. The molecule has 106 valence electrons. The quantitative estimate of drug-likeness (QED) is 0.857. The highest BCUT2D eigenvalue weighted by Crippen LogP contribution is 2.28. The van der Waals surface area contributed by atoms with E-state index in [0.717, 1.165) is 16.7 Å². The lowest BCUT2D eigenvalue weighted by Crippen LogP contribution is -2.07. The van der Waals surface area contributed by atoms with Gasteiger partial charge in [-0.15, -0.1) is 0 Å². The topological polar surface area (TPSA) is 60.2 Å². The first-order valence-corrected chi connectivity index (χ1v) is 8.58. The number of aryl methyl sites for hydroxylation is 2. The number of nitrogens with two attached hydrogens (primary N) is 1. The van der Waals surface area contributed by atoms with E-state index in [2.05, 4.69) is 15.9 Å². The summed E-state index contributed by atoms with van der Waals surface area (Å²) in [6.07, 6.45) is 0. The van der Waals surface area contributed by atoms with Crippen LogP contribution in [0.5, 0.6) is 0 Å². The molecule has 0 amide bonds. The number of sulfone groups is 1. The van der Waals surface area contributed by atoms with Crippen molar-refractivity contribution < 1.29 is 8.42 Å². The summed E-state index contributed by atoms with van der Waals surface area (Å²) < 4.78 is 25.6. The molecule has 2 aromatic carbocycles. The van der Waals surface area contributed by atoms with Gasteiger partial charge < -0.3 is 5.73 Å². The van der Waals surface area contributed by atoms with Gasteiger partial charge in [-0.3, -0.25) is 0 Å². The van der Waals surface area contributed by atoms with Crippen LogP contribution in [-0.4, -0.2) is 8.42 Å². The molecule has 0 fully saturated rings. The van der Waals surface area contributed by atoms with Crippen molar-refractivity contribution in [1.29, 1.82) is 0 Å². The van der Waals surface area contributed by atoms with Crippen LogP contribution in [0, 0.1) is 13.8 Å². The van der Waals surface area contributed by atoms with Crippen molar-refractivity contribution in [3.05, 3.63) is 57.6 Å². The van der Waals surface area contributed by atoms with Crippen LogP contribution in [-0.2, 0) is 15.6 Å². The van der Waals surface area contributed by atoms with E-state index in [9.17, 15) is 8.42 Å². The molecule has 0 saturated carbocycles. The molecule has 0 aliphatic heterocycles. The SMILES string of the molecule is Cc1ccc(C)c(CS(=O)(=O)c2ccc(N)cc2Br)c1. The fourth-order valence-electron chi connectivity index (χ4n) is 2.01. The number of hydrogen-bond donors (Lipinski definition) is 1. The Balaban J connectivity index is 2.43. The van der Waals surface area contributed by atoms with Gasteiger partial charge in [0.05, 0.1) is 10.6 Å². The van der Waals surface area contributed by atoms with E-state index in [-0.39, 0.29) is 10.6 Å². The van der Waals surface area contributed by atoms with Gasteiger partial charge in [-0.25, -0.2) is 8.42 Å². The Labute approximate surface area is 127 Å². The van der Waals surface area contributed by atoms with Crippen molar-refractivity contribution in [3.63, 3.8) is 0 Å². The Kier molecular flexibility index (Phi) is 4.20. The zero-order valence-corrected chi connectivity index (χ0v) is 13.8. The third-order valence-corrected chi connectivity index (χ3v) is 5.78. The average Bonchev–Trinajstić information content (AvgIpc) is 2.33. The van der Waals surface area contributed by atoms with Crippen molar-refractivity contribution in [2.75, 3.05) is 5.73 Å². The molecule has 5 heteroatoms.